The van der Waals surface area contributed by atoms with Crippen LogP contribution in [-0.4, -0.2) is 0 Å². The quantitative estimate of drug-likeness (QED) is 0.487. The Bertz CT molecular complexity index is 649. The van der Waals surface area contributed by atoms with Crippen molar-refractivity contribution >= 4 is 27.5 Å². The molecule has 0 bridgehead atoms. The number of hydrazine groups is 1. The minimum atomic E-state index is -0.828. The SMILES string of the molecule is Cc1ccc(C(NN)c2c(F)ccc(Br)c2F)cc1Cl. The van der Waals surface area contributed by atoms with E-state index in [1.54, 1.807) is 18.2 Å². The molecule has 0 aliphatic heterocycles. The van der Waals surface area contributed by atoms with E-state index in [1.165, 1.54) is 12.1 Å². The highest BCUT2D eigenvalue weighted by Crippen LogP contribution is 2.31. The summed E-state index contributed by atoms with van der Waals surface area (Å²) in [6.07, 6.45) is 0. The molecule has 0 amide bonds. The van der Waals surface area contributed by atoms with E-state index >= 15 is 0 Å². The van der Waals surface area contributed by atoms with Crippen molar-refractivity contribution in [2.75, 3.05) is 0 Å². The Hall–Kier alpha value is -1.01. The summed E-state index contributed by atoms with van der Waals surface area (Å²) in [4.78, 5) is 0. The Morgan fingerprint density at radius 3 is 2.55 bits per heavy atom. The zero-order valence-corrected chi connectivity index (χ0v) is 12.9. The molecule has 2 aromatic rings. The lowest BCUT2D eigenvalue weighted by Gasteiger charge is -2.19. The summed E-state index contributed by atoms with van der Waals surface area (Å²) in [5.41, 5.74) is 3.74. The maximum Gasteiger partial charge on any atom is 0.145 e. The van der Waals surface area contributed by atoms with Gasteiger partial charge in [-0.3, -0.25) is 5.84 Å². The van der Waals surface area contributed by atoms with E-state index in [-0.39, 0.29) is 10.0 Å². The minimum absolute atomic E-state index is 0.151. The van der Waals surface area contributed by atoms with Crippen LogP contribution in [0.5, 0.6) is 0 Å². The molecule has 2 nitrogen and oxygen atoms in total. The molecule has 0 aliphatic carbocycles. The van der Waals surface area contributed by atoms with Gasteiger partial charge in [0.25, 0.3) is 0 Å². The van der Waals surface area contributed by atoms with Gasteiger partial charge in [-0.2, -0.15) is 0 Å². The highest BCUT2D eigenvalue weighted by Gasteiger charge is 2.23. The van der Waals surface area contributed by atoms with Gasteiger partial charge in [0.2, 0.25) is 0 Å². The van der Waals surface area contributed by atoms with Gasteiger partial charge in [-0.25, -0.2) is 14.2 Å². The van der Waals surface area contributed by atoms with Gasteiger partial charge in [-0.1, -0.05) is 23.7 Å². The molecular weight excluding hydrogens is 350 g/mol. The summed E-state index contributed by atoms with van der Waals surface area (Å²) in [7, 11) is 0. The number of hydrogen-bond acceptors (Lipinski definition) is 2. The third-order valence-corrected chi connectivity index (χ3v) is 4.08. The number of nitrogens with one attached hydrogen (secondary N) is 1. The number of halogens is 4. The van der Waals surface area contributed by atoms with E-state index in [2.05, 4.69) is 21.4 Å². The zero-order valence-electron chi connectivity index (χ0n) is 10.6. The summed E-state index contributed by atoms with van der Waals surface area (Å²) < 4.78 is 28.3. The zero-order chi connectivity index (χ0) is 14.9. The van der Waals surface area contributed by atoms with Gasteiger partial charge in [0, 0.05) is 10.6 Å². The van der Waals surface area contributed by atoms with Crippen molar-refractivity contribution in [3.63, 3.8) is 0 Å². The van der Waals surface area contributed by atoms with E-state index in [4.69, 9.17) is 17.4 Å². The molecule has 0 heterocycles. The molecule has 1 atom stereocenters. The minimum Gasteiger partial charge on any atom is -0.271 e. The molecule has 0 aliphatic rings. The topological polar surface area (TPSA) is 38.0 Å². The normalized spacial score (nSPS) is 12.5. The molecule has 2 aromatic carbocycles. The van der Waals surface area contributed by atoms with Crippen LogP contribution in [-0.2, 0) is 0 Å². The molecular formula is C14H12BrClF2N2. The molecule has 2 rings (SSSR count). The van der Waals surface area contributed by atoms with E-state index in [0.717, 1.165) is 5.56 Å². The van der Waals surface area contributed by atoms with Crippen LogP contribution in [0.2, 0.25) is 5.02 Å². The Morgan fingerprint density at radius 2 is 1.95 bits per heavy atom. The van der Waals surface area contributed by atoms with Crippen LogP contribution in [0.4, 0.5) is 8.78 Å². The van der Waals surface area contributed by atoms with Crippen molar-refractivity contribution in [3.05, 3.63) is 68.2 Å². The van der Waals surface area contributed by atoms with Crippen molar-refractivity contribution in [2.45, 2.75) is 13.0 Å². The van der Waals surface area contributed by atoms with E-state index < -0.39 is 17.7 Å². The highest BCUT2D eigenvalue weighted by atomic mass is 79.9. The van der Waals surface area contributed by atoms with Crippen molar-refractivity contribution < 1.29 is 8.78 Å². The van der Waals surface area contributed by atoms with E-state index in [0.29, 0.717) is 10.6 Å². The van der Waals surface area contributed by atoms with Crippen molar-refractivity contribution in [1.29, 1.82) is 0 Å². The van der Waals surface area contributed by atoms with Crippen molar-refractivity contribution in [3.8, 4) is 0 Å². The molecule has 0 spiro atoms. The van der Waals surface area contributed by atoms with E-state index in [9.17, 15) is 8.78 Å². The molecule has 0 fully saturated rings. The standard InChI is InChI=1S/C14H12BrClF2N2/c1-7-2-3-8(6-10(7)16)14(20-19)12-11(17)5-4-9(15)13(12)18/h2-6,14,20H,19H2,1H3. The molecule has 20 heavy (non-hydrogen) atoms. The fraction of sp³-hybridized carbons (Fsp3) is 0.143. The molecule has 0 saturated carbocycles. The van der Waals surface area contributed by atoms with Crippen LogP contribution >= 0.6 is 27.5 Å². The predicted octanol–water partition coefficient (Wildman–Crippen LogP) is 4.24. The van der Waals surface area contributed by atoms with Gasteiger partial charge in [-0.05, 0) is 52.2 Å². The fourth-order valence-electron chi connectivity index (χ4n) is 1.94. The van der Waals surface area contributed by atoms with Crippen LogP contribution in [0.25, 0.3) is 0 Å². The smallest absolute Gasteiger partial charge is 0.145 e. The maximum atomic E-state index is 14.1. The first kappa shape index (κ1) is 15.4. The van der Waals surface area contributed by atoms with Crippen LogP contribution in [0.15, 0.2) is 34.8 Å². The van der Waals surface area contributed by atoms with Crippen LogP contribution in [0, 0.1) is 18.6 Å². The molecule has 3 N–H and O–H groups in total. The largest absolute Gasteiger partial charge is 0.271 e. The third-order valence-electron chi connectivity index (χ3n) is 3.06. The fourth-order valence-corrected chi connectivity index (χ4v) is 2.48. The van der Waals surface area contributed by atoms with Crippen LogP contribution < -0.4 is 11.3 Å². The second kappa shape index (κ2) is 6.18. The average molecular weight is 362 g/mol. The summed E-state index contributed by atoms with van der Waals surface area (Å²) in [5.74, 6) is 4.11. The number of hydrogen-bond donors (Lipinski definition) is 2. The van der Waals surface area contributed by atoms with Gasteiger partial charge >= 0.3 is 0 Å². The first-order chi connectivity index (χ1) is 9.45. The van der Waals surface area contributed by atoms with E-state index in [1.807, 2.05) is 6.92 Å². The van der Waals surface area contributed by atoms with Gasteiger partial charge in [0.05, 0.1) is 10.5 Å². The second-order valence-corrected chi connectivity index (χ2v) is 5.63. The lowest BCUT2D eigenvalue weighted by Crippen LogP contribution is -2.30. The molecule has 0 saturated heterocycles. The van der Waals surface area contributed by atoms with Gasteiger partial charge in [0.1, 0.15) is 11.6 Å². The number of nitrogens with two attached hydrogens (primary N) is 1. The molecule has 0 aromatic heterocycles. The molecule has 1 unspecified atom stereocenters. The van der Waals surface area contributed by atoms with Gasteiger partial charge in [0.15, 0.2) is 0 Å². The maximum absolute atomic E-state index is 14.1. The Morgan fingerprint density at radius 1 is 1.25 bits per heavy atom. The Balaban J connectivity index is 2.58. The summed E-state index contributed by atoms with van der Waals surface area (Å²) in [6.45, 7) is 1.84. The number of rotatable bonds is 3. The first-order valence-corrected chi connectivity index (χ1v) is 6.98. The predicted molar refractivity (Wildman–Crippen MR) is 79.4 cm³/mol. The third kappa shape index (κ3) is 2.86. The molecule has 0 radical (unpaired) electrons. The average Bonchev–Trinajstić information content (AvgIpc) is 2.42. The molecule has 106 valence electrons. The van der Waals surface area contributed by atoms with Crippen LogP contribution in [0.1, 0.15) is 22.7 Å². The second-order valence-electron chi connectivity index (χ2n) is 4.37. The van der Waals surface area contributed by atoms with Crippen LogP contribution in [0.3, 0.4) is 0 Å². The summed E-state index contributed by atoms with van der Waals surface area (Å²) in [6, 6.07) is 6.81. The monoisotopic (exact) mass is 360 g/mol. The lowest BCUT2D eigenvalue weighted by atomic mass is 9.97. The van der Waals surface area contributed by atoms with Gasteiger partial charge in [-0.15, -0.1) is 0 Å². The van der Waals surface area contributed by atoms with Crippen molar-refractivity contribution in [2.24, 2.45) is 5.84 Å². The Kier molecular flexibility index (Phi) is 4.75. The van der Waals surface area contributed by atoms with Gasteiger partial charge < -0.3 is 0 Å². The summed E-state index contributed by atoms with van der Waals surface area (Å²) >= 11 is 9.09. The molecule has 6 heteroatoms. The lowest BCUT2D eigenvalue weighted by molar-refractivity contribution is 0.507. The number of aryl methyl sites for hydroxylation is 1. The summed E-state index contributed by atoms with van der Waals surface area (Å²) in [5, 5.41) is 0.513. The Labute approximate surface area is 129 Å². The first-order valence-electron chi connectivity index (χ1n) is 5.81. The highest BCUT2D eigenvalue weighted by molar-refractivity contribution is 9.10. The number of benzene rings is 2. The van der Waals surface area contributed by atoms with Crippen molar-refractivity contribution in [1.82, 2.24) is 5.43 Å².